The zero-order valence-corrected chi connectivity index (χ0v) is 18.7. The van der Waals surface area contributed by atoms with E-state index in [-0.39, 0.29) is 12.5 Å². The monoisotopic (exact) mass is 415 g/mol. The van der Waals surface area contributed by atoms with Gasteiger partial charge in [-0.25, -0.2) is 4.79 Å². The maximum absolute atomic E-state index is 13.0. The Bertz CT molecular complexity index is 934. The van der Waals surface area contributed by atoms with E-state index in [1.807, 2.05) is 30.7 Å². The van der Waals surface area contributed by atoms with Crippen molar-refractivity contribution in [1.82, 2.24) is 9.47 Å². The van der Waals surface area contributed by atoms with Crippen molar-refractivity contribution < 1.29 is 19.1 Å². The molecular formula is C23H33N3O4. The van der Waals surface area contributed by atoms with Gasteiger partial charge >= 0.3 is 5.97 Å². The van der Waals surface area contributed by atoms with Crippen molar-refractivity contribution in [2.45, 2.75) is 52.5 Å². The molecule has 1 aromatic heterocycles. The average molecular weight is 416 g/mol. The number of hydrogen-bond acceptors (Lipinski definition) is 5. The molecule has 2 heterocycles. The Labute approximate surface area is 178 Å². The first-order valence-electron chi connectivity index (χ1n) is 10.8. The van der Waals surface area contributed by atoms with Gasteiger partial charge in [-0.3, -0.25) is 9.69 Å². The molecule has 164 valence electrons. The third-order valence-electron chi connectivity index (χ3n) is 6.15. The highest BCUT2D eigenvalue weighted by Gasteiger charge is 2.27. The van der Waals surface area contributed by atoms with Gasteiger partial charge in [0.25, 0.3) is 0 Å². The molecule has 1 atom stereocenters. The van der Waals surface area contributed by atoms with Gasteiger partial charge in [-0.2, -0.15) is 0 Å². The number of nitrogens with one attached hydrogen (secondary N) is 1. The standard InChI is InChI=1S/C23H33N3O4/c1-6-16-10-8-9-13-26(16)14-19(27)24-22-18(29-5)12-11-17-21(22)20(15(3)25(17)4)23(28)30-7-2/h11-12,16H,6-10,13-14H2,1-5H3,(H,24,27)/t16-/m1/s1. The predicted molar refractivity (Wildman–Crippen MR) is 118 cm³/mol. The second-order valence-corrected chi connectivity index (χ2v) is 7.85. The number of likely N-dealkylation sites (tertiary alicyclic amines) is 1. The summed E-state index contributed by atoms with van der Waals surface area (Å²) in [7, 11) is 3.46. The molecule has 0 radical (unpaired) electrons. The van der Waals surface area contributed by atoms with Crippen LogP contribution in [-0.2, 0) is 16.6 Å². The van der Waals surface area contributed by atoms with Crippen LogP contribution in [0, 0.1) is 6.92 Å². The lowest BCUT2D eigenvalue weighted by Crippen LogP contribution is -2.43. The summed E-state index contributed by atoms with van der Waals surface area (Å²) in [5, 5.41) is 3.71. The molecule has 1 fully saturated rings. The number of amides is 1. The van der Waals surface area contributed by atoms with Gasteiger partial charge in [-0.05, 0) is 51.8 Å². The summed E-state index contributed by atoms with van der Waals surface area (Å²) in [5.41, 5.74) is 2.62. The number of fused-ring (bicyclic) bond motifs is 1. The molecule has 0 unspecified atom stereocenters. The van der Waals surface area contributed by atoms with E-state index in [0.29, 0.717) is 35.0 Å². The van der Waals surface area contributed by atoms with Crippen LogP contribution >= 0.6 is 0 Å². The number of carbonyl (C=O) groups is 2. The maximum Gasteiger partial charge on any atom is 0.340 e. The Kier molecular flexibility index (Phi) is 7.02. The van der Waals surface area contributed by atoms with Gasteiger partial charge in [0.2, 0.25) is 5.91 Å². The number of ether oxygens (including phenoxy) is 2. The molecular weight excluding hydrogens is 382 g/mol. The largest absolute Gasteiger partial charge is 0.495 e. The fourth-order valence-corrected chi connectivity index (χ4v) is 4.48. The number of esters is 1. The van der Waals surface area contributed by atoms with Crippen LogP contribution in [0.15, 0.2) is 12.1 Å². The van der Waals surface area contributed by atoms with E-state index in [0.717, 1.165) is 37.0 Å². The van der Waals surface area contributed by atoms with E-state index in [4.69, 9.17) is 9.47 Å². The topological polar surface area (TPSA) is 72.8 Å². The molecule has 3 rings (SSSR count). The zero-order valence-electron chi connectivity index (χ0n) is 18.7. The molecule has 0 bridgehead atoms. The van der Waals surface area contributed by atoms with Gasteiger partial charge in [0.15, 0.2) is 0 Å². The van der Waals surface area contributed by atoms with E-state index < -0.39 is 5.97 Å². The Balaban J connectivity index is 2.00. The van der Waals surface area contributed by atoms with Crippen molar-refractivity contribution in [3.05, 3.63) is 23.4 Å². The van der Waals surface area contributed by atoms with Crippen LogP contribution in [0.2, 0.25) is 0 Å². The van der Waals surface area contributed by atoms with E-state index in [1.165, 1.54) is 6.42 Å². The normalized spacial score (nSPS) is 17.2. The first-order valence-corrected chi connectivity index (χ1v) is 10.8. The van der Waals surface area contributed by atoms with Crippen molar-refractivity contribution in [1.29, 1.82) is 0 Å². The summed E-state index contributed by atoms with van der Waals surface area (Å²) in [6, 6.07) is 4.16. The number of methoxy groups -OCH3 is 1. The molecule has 1 aliphatic rings. The molecule has 0 spiro atoms. The number of nitrogens with zero attached hydrogens (tertiary/aromatic N) is 2. The highest BCUT2D eigenvalue weighted by Crippen LogP contribution is 2.38. The second kappa shape index (κ2) is 9.51. The molecule has 7 nitrogen and oxygen atoms in total. The lowest BCUT2D eigenvalue weighted by atomic mass is 10.00. The number of rotatable bonds is 7. The van der Waals surface area contributed by atoms with Gasteiger partial charge in [0.05, 0.1) is 37.0 Å². The Morgan fingerprint density at radius 2 is 2.00 bits per heavy atom. The molecule has 7 heteroatoms. The number of aryl methyl sites for hydroxylation is 1. The van der Waals surface area contributed by atoms with Gasteiger partial charge in [-0.15, -0.1) is 0 Å². The molecule has 30 heavy (non-hydrogen) atoms. The number of benzene rings is 1. The van der Waals surface area contributed by atoms with Crippen LogP contribution in [0.3, 0.4) is 0 Å². The Morgan fingerprint density at radius 3 is 2.67 bits per heavy atom. The summed E-state index contributed by atoms with van der Waals surface area (Å²) in [6.07, 6.45) is 4.51. The number of piperidine rings is 1. The second-order valence-electron chi connectivity index (χ2n) is 7.85. The minimum atomic E-state index is -0.397. The van der Waals surface area contributed by atoms with E-state index in [1.54, 1.807) is 14.0 Å². The summed E-state index contributed by atoms with van der Waals surface area (Å²) >= 11 is 0. The van der Waals surface area contributed by atoms with Crippen molar-refractivity contribution in [2.24, 2.45) is 7.05 Å². The highest BCUT2D eigenvalue weighted by molar-refractivity contribution is 6.14. The third-order valence-corrected chi connectivity index (χ3v) is 6.15. The van der Waals surface area contributed by atoms with Crippen LogP contribution in [0.5, 0.6) is 5.75 Å². The zero-order chi connectivity index (χ0) is 21.8. The van der Waals surface area contributed by atoms with Gasteiger partial charge in [0.1, 0.15) is 5.75 Å². The lowest BCUT2D eigenvalue weighted by molar-refractivity contribution is -0.118. The molecule has 1 N–H and O–H groups in total. The van der Waals surface area contributed by atoms with Crippen LogP contribution in [-0.4, -0.2) is 54.2 Å². The SMILES string of the molecule is CCOC(=O)c1c(C)n(C)c2ccc(OC)c(NC(=O)CN3CCCC[C@H]3CC)c12. The molecule has 1 saturated heterocycles. The molecule has 0 aliphatic carbocycles. The summed E-state index contributed by atoms with van der Waals surface area (Å²) in [4.78, 5) is 28.0. The lowest BCUT2D eigenvalue weighted by Gasteiger charge is -2.34. The third kappa shape index (κ3) is 4.17. The minimum absolute atomic E-state index is 0.0996. The fourth-order valence-electron chi connectivity index (χ4n) is 4.48. The highest BCUT2D eigenvalue weighted by atomic mass is 16.5. The number of hydrogen-bond donors (Lipinski definition) is 1. The van der Waals surface area contributed by atoms with Crippen molar-refractivity contribution in [2.75, 3.05) is 32.1 Å². The summed E-state index contributed by atoms with van der Waals surface area (Å²) < 4.78 is 12.8. The molecule has 1 aromatic carbocycles. The van der Waals surface area contributed by atoms with Crippen LogP contribution < -0.4 is 10.1 Å². The Morgan fingerprint density at radius 1 is 1.23 bits per heavy atom. The quantitative estimate of drug-likeness (QED) is 0.695. The van der Waals surface area contributed by atoms with Gasteiger partial charge in [0, 0.05) is 24.2 Å². The summed E-state index contributed by atoms with van der Waals surface area (Å²) in [6.45, 7) is 7.38. The fraction of sp³-hybridized carbons (Fsp3) is 0.565. The summed E-state index contributed by atoms with van der Waals surface area (Å²) in [5.74, 6) is 0.0292. The van der Waals surface area contributed by atoms with Gasteiger partial charge < -0.3 is 19.4 Å². The number of carbonyl (C=O) groups excluding carboxylic acids is 2. The Hall–Kier alpha value is -2.54. The maximum atomic E-state index is 13.0. The van der Waals surface area contributed by atoms with E-state index in [2.05, 4.69) is 17.1 Å². The van der Waals surface area contributed by atoms with E-state index in [9.17, 15) is 9.59 Å². The van der Waals surface area contributed by atoms with Crippen LogP contribution in [0.25, 0.3) is 10.9 Å². The smallest absolute Gasteiger partial charge is 0.340 e. The molecule has 1 aliphatic heterocycles. The van der Waals surface area contributed by atoms with E-state index >= 15 is 0 Å². The predicted octanol–water partition coefficient (Wildman–Crippen LogP) is 3.88. The van der Waals surface area contributed by atoms with Crippen molar-refractivity contribution in [3.8, 4) is 5.75 Å². The number of aromatic nitrogens is 1. The van der Waals surface area contributed by atoms with Crippen LogP contribution in [0.1, 0.15) is 55.6 Å². The average Bonchev–Trinajstić information content (AvgIpc) is 2.99. The molecule has 1 amide bonds. The number of anilines is 1. The minimum Gasteiger partial charge on any atom is -0.495 e. The first kappa shape index (κ1) is 22.2. The van der Waals surface area contributed by atoms with Crippen molar-refractivity contribution in [3.63, 3.8) is 0 Å². The first-order chi connectivity index (χ1) is 14.4. The molecule has 2 aromatic rings. The van der Waals surface area contributed by atoms with Crippen LogP contribution in [0.4, 0.5) is 5.69 Å². The van der Waals surface area contributed by atoms with Gasteiger partial charge in [-0.1, -0.05) is 13.3 Å². The molecule has 0 saturated carbocycles. The van der Waals surface area contributed by atoms with Crippen molar-refractivity contribution >= 4 is 28.5 Å².